The van der Waals surface area contributed by atoms with Gasteiger partial charge in [-0.3, -0.25) is 10.1 Å². The zero-order valence-electron chi connectivity index (χ0n) is 16.7. The highest BCUT2D eigenvalue weighted by atomic mass is 35.5. The number of hydrogen-bond donors (Lipinski definition) is 1. The van der Waals surface area contributed by atoms with Crippen LogP contribution in [0.4, 0.5) is 6.01 Å². The quantitative estimate of drug-likeness (QED) is 0.614. The average Bonchev–Trinajstić information content (AvgIpc) is 3.36. The molecule has 0 atom stereocenters. The Hall–Kier alpha value is -2.66. The molecular weight excluding hydrogens is 386 g/mol. The maximum atomic E-state index is 13.2. The van der Waals surface area contributed by atoms with Gasteiger partial charge in [0.15, 0.2) is 0 Å². The van der Waals surface area contributed by atoms with Gasteiger partial charge in [0.2, 0.25) is 11.8 Å². The summed E-state index contributed by atoms with van der Waals surface area (Å²) in [5.41, 5.74) is 3.97. The predicted octanol–water partition coefficient (Wildman–Crippen LogP) is 5.38. The summed E-state index contributed by atoms with van der Waals surface area (Å²) in [6.45, 7) is 4.16. The molecule has 3 aromatic rings. The molecule has 1 amide bonds. The summed E-state index contributed by atoms with van der Waals surface area (Å²) >= 11 is 6.03. The van der Waals surface area contributed by atoms with Gasteiger partial charge in [0.25, 0.3) is 0 Å². The number of nitrogens with zero attached hydrogens (tertiary/aromatic N) is 2. The van der Waals surface area contributed by atoms with E-state index in [-0.39, 0.29) is 11.9 Å². The van der Waals surface area contributed by atoms with E-state index in [1.165, 1.54) is 11.1 Å². The van der Waals surface area contributed by atoms with E-state index in [0.717, 1.165) is 36.8 Å². The zero-order chi connectivity index (χ0) is 20.4. The van der Waals surface area contributed by atoms with E-state index in [1.54, 1.807) is 0 Å². The Morgan fingerprint density at radius 2 is 1.79 bits per heavy atom. The standard InChI is InChI=1S/C23H24ClN3O2/c1-15-5-6-17(13-16(15)2)14-20-26-27-22(29-20)25-21(28)23(11-3-4-12-23)18-7-9-19(24)10-8-18/h5-10,13H,3-4,11-12,14H2,1-2H3,(H,25,27,28). The van der Waals surface area contributed by atoms with Crippen LogP contribution in [-0.4, -0.2) is 16.1 Å². The molecular formula is C23H24ClN3O2. The zero-order valence-corrected chi connectivity index (χ0v) is 17.4. The maximum absolute atomic E-state index is 13.2. The van der Waals surface area contributed by atoms with Gasteiger partial charge in [0.1, 0.15) is 0 Å². The minimum absolute atomic E-state index is 0.0984. The molecule has 0 aliphatic heterocycles. The van der Waals surface area contributed by atoms with Crippen LogP contribution in [0.2, 0.25) is 5.02 Å². The topological polar surface area (TPSA) is 68.0 Å². The van der Waals surface area contributed by atoms with Gasteiger partial charge in [-0.15, -0.1) is 5.10 Å². The Morgan fingerprint density at radius 3 is 2.48 bits per heavy atom. The van der Waals surface area contributed by atoms with Crippen LogP contribution in [0.1, 0.15) is 53.8 Å². The number of nitrogens with one attached hydrogen (secondary N) is 1. The number of aromatic nitrogens is 2. The number of amides is 1. The number of anilines is 1. The lowest BCUT2D eigenvalue weighted by Crippen LogP contribution is -2.38. The molecule has 1 aliphatic carbocycles. The van der Waals surface area contributed by atoms with Crippen molar-refractivity contribution in [3.63, 3.8) is 0 Å². The van der Waals surface area contributed by atoms with Gasteiger partial charge < -0.3 is 4.42 Å². The predicted molar refractivity (Wildman–Crippen MR) is 113 cm³/mol. The largest absolute Gasteiger partial charge is 0.407 e. The van der Waals surface area contributed by atoms with Crippen LogP contribution in [0.15, 0.2) is 46.9 Å². The molecule has 1 N–H and O–H groups in total. The van der Waals surface area contributed by atoms with E-state index in [1.807, 2.05) is 24.3 Å². The molecule has 4 rings (SSSR count). The van der Waals surface area contributed by atoms with Crippen molar-refractivity contribution in [1.29, 1.82) is 0 Å². The summed E-state index contributed by atoms with van der Waals surface area (Å²) in [6, 6.07) is 13.9. The highest BCUT2D eigenvalue weighted by Gasteiger charge is 2.43. The number of benzene rings is 2. The molecule has 2 aromatic carbocycles. The van der Waals surface area contributed by atoms with Crippen LogP contribution in [0.5, 0.6) is 0 Å². The van der Waals surface area contributed by atoms with E-state index in [2.05, 4.69) is 47.6 Å². The Kier molecular flexibility index (Phi) is 5.41. The third-order valence-electron chi connectivity index (χ3n) is 5.90. The van der Waals surface area contributed by atoms with Crippen molar-refractivity contribution < 1.29 is 9.21 Å². The summed E-state index contributed by atoms with van der Waals surface area (Å²) < 4.78 is 5.71. The second kappa shape index (κ2) is 7.99. The van der Waals surface area contributed by atoms with Crippen molar-refractivity contribution in [2.75, 3.05) is 5.32 Å². The number of halogens is 1. The third-order valence-corrected chi connectivity index (χ3v) is 6.15. The first kappa shape index (κ1) is 19.6. The van der Waals surface area contributed by atoms with Crippen LogP contribution in [0.25, 0.3) is 0 Å². The van der Waals surface area contributed by atoms with Crippen molar-refractivity contribution in [2.45, 2.75) is 51.4 Å². The third kappa shape index (κ3) is 4.06. The Balaban J connectivity index is 1.50. The molecule has 0 unspecified atom stereocenters. The van der Waals surface area contributed by atoms with Crippen molar-refractivity contribution in [3.05, 3.63) is 75.6 Å². The summed E-state index contributed by atoms with van der Waals surface area (Å²) in [7, 11) is 0. The second-order valence-corrected chi connectivity index (χ2v) is 8.28. The number of hydrogen-bond acceptors (Lipinski definition) is 4. The van der Waals surface area contributed by atoms with E-state index < -0.39 is 5.41 Å². The van der Waals surface area contributed by atoms with Gasteiger partial charge in [0.05, 0.1) is 11.8 Å². The molecule has 1 saturated carbocycles. The first-order chi connectivity index (χ1) is 14.0. The summed E-state index contributed by atoms with van der Waals surface area (Å²) in [5.74, 6) is 0.384. The molecule has 0 spiro atoms. The Labute approximate surface area is 175 Å². The average molecular weight is 410 g/mol. The molecule has 1 aliphatic rings. The van der Waals surface area contributed by atoms with E-state index in [9.17, 15) is 4.79 Å². The lowest BCUT2D eigenvalue weighted by atomic mass is 9.78. The molecule has 0 bridgehead atoms. The maximum Gasteiger partial charge on any atom is 0.322 e. The molecule has 1 fully saturated rings. The van der Waals surface area contributed by atoms with Gasteiger partial charge in [-0.05, 0) is 61.1 Å². The Bertz CT molecular complexity index is 1020. The normalized spacial score (nSPS) is 15.4. The summed E-state index contributed by atoms with van der Waals surface area (Å²) in [5, 5.41) is 11.6. The second-order valence-electron chi connectivity index (χ2n) is 7.85. The summed E-state index contributed by atoms with van der Waals surface area (Å²) in [4.78, 5) is 13.2. The van der Waals surface area contributed by atoms with Crippen molar-refractivity contribution in [1.82, 2.24) is 10.2 Å². The van der Waals surface area contributed by atoms with Gasteiger partial charge in [-0.1, -0.05) is 59.9 Å². The lowest BCUT2D eigenvalue weighted by Gasteiger charge is -2.27. The first-order valence-corrected chi connectivity index (χ1v) is 10.3. The number of carbonyl (C=O) groups is 1. The highest BCUT2D eigenvalue weighted by Crippen LogP contribution is 2.42. The van der Waals surface area contributed by atoms with Gasteiger partial charge in [0, 0.05) is 5.02 Å². The fourth-order valence-corrected chi connectivity index (χ4v) is 4.20. The number of carbonyl (C=O) groups excluding carboxylic acids is 1. The van der Waals surface area contributed by atoms with E-state index in [4.69, 9.17) is 16.0 Å². The SMILES string of the molecule is Cc1ccc(Cc2nnc(NC(=O)C3(c4ccc(Cl)cc4)CCCC3)o2)cc1C. The molecule has 6 heteroatoms. The van der Waals surface area contributed by atoms with E-state index >= 15 is 0 Å². The van der Waals surface area contributed by atoms with Gasteiger partial charge in [-0.2, -0.15) is 0 Å². The molecule has 0 radical (unpaired) electrons. The fourth-order valence-electron chi connectivity index (χ4n) is 4.07. The molecule has 5 nitrogen and oxygen atoms in total. The van der Waals surface area contributed by atoms with Gasteiger partial charge >= 0.3 is 6.01 Å². The minimum atomic E-state index is -0.576. The van der Waals surface area contributed by atoms with Crippen LogP contribution in [0, 0.1) is 13.8 Å². The molecule has 0 saturated heterocycles. The number of rotatable bonds is 5. The monoisotopic (exact) mass is 409 g/mol. The Morgan fingerprint density at radius 1 is 1.07 bits per heavy atom. The highest BCUT2D eigenvalue weighted by molar-refractivity contribution is 6.30. The van der Waals surface area contributed by atoms with Crippen LogP contribution >= 0.6 is 11.6 Å². The molecule has 29 heavy (non-hydrogen) atoms. The van der Waals surface area contributed by atoms with Crippen LogP contribution < -0.4 is 5.32 Å². The van der Waals surface area contributed by atoms with Crippen molar-refractivity contribution in [2.24, 2.45) is 0 Å². The van der Waals surface area contributed by atoms with Crippen LogP contribution in [0.3, 0.4) is 0 Å². The number of aryl methyl sites for hydroxylation is 2. The minimum Gasteiger partial charge on any atom is -0.407 e. The molecule has 150 valence electrons. The summed E-state index contributed by atoms with van der Waals surface area (Å²) in [6.07, 6.45) is 4.15. The van der Waals surface area contributed by atoms with Crippen molar-refractivity contribution in [3.8, 4) is 0 Å². The molecule has 1 aromatic heterocycles. The molecule has 1 heterocycles. The lowest BCUT2D eigenvalue weighted by molar-refractivity contribution is -0.121. The van der Waals surface area contributed by atoms with Gasteiger partial charge in [-0.25, -0.2) is 0 Å². The van der Waals surface area contributed by atoms with Crippen molar-refractivity contribution >= 4 is 23.5 Å². The van der Waals surface area contributed by atoms with E-state index in [0.29, 0.717) is 17.3 Å². The fraction of sp³-hybridized carbons (Fsp3) is 0.348. The first-order valence-electron chi connectivity index (χ1n) is 9.92. The van der Waals surface area contributed by atoms with Crippen LogP contribution in [-0.2, 0) is 16.6 Å². The smallest absolute Gasteiger partial charge is 0.322 e.